The number of nitrogens with zero attached hydrogens (tertiary/aromatic N) is 1. The molecule has 0 fully saturated rings. The third-order valence-corrected chi connectivity index (χ3v) is 5.76. The van der Waals surface area contributed by atoms with Crippen molar-refractivity contribution in [2.45, 2.75) is 45.8 Å². The fourth-order valence-corrected chi connectivity index (χ4v) is 4.10. The van der Waals surface area contributed by atoms with Gasteiger partial charge < -0.3 is 20.1 Å². The van der Waals surface area contributed by atoms with Crippen LogP contribution in [-0.2, 0) is 20.8 Å². The molecule has 8 nitrogen and oxygen atoms in total. The Kier molecular flexibility index (Phi) is 7.90. The lowest BCUT2D eigenvalue weighted by molar-refractivity contribution is -0.115. The van der Waals surface area contributed by atoms with E-state index in [4.69, 9.17) is 14.5 Å². The number of carbonyl (C=O) groups excluding carboxylic acids is 3. The summed E-state index contributed by atoms with van der Waals surface area (Å²) in [6, 6.07) is 22.0. The van der Waals surface area contributed by atoms with Gasteiger partial charge in [0.05, 0.1) is 23.6 Å². The zero-order valence-electron chi connectivity index (χ0n) is 21.9. The Labute approximate surface area is 222 Å². The molecule has 0 bridgehead atoms. The third-order valence-electron chi connectivity index (χ3n) is 5.76. The van der Waals surface area contributed by atoms with E-state index in [1.54, 1.807) is 25.1 Å². The van der Waals surface area contributed by atoms with Crippen LogP contribution in [0.2, 0.25) is 0 Å². The molecule has 0 aromatic heterocycles. The predicted molar refractivity (Wildman–Crippen MR) is 146 cm³/mol. The highest BCUT2D eigenvalue weighted by atomic mass is 16.6. The van der Waals surface area contributed by atoms with Gasteiger partial charge in [-0.05, 0) is 68.7 Å². The molecule has 0 saturated heterocycles. The van der Waals surface area contributed by atoms with Crippen LogP contribution in [0.25, 0.3) is 0 Å². The van der Waals surface area contributed by atoms with Crippen molar-refractivity contribution in [2.24, 2.45) is 4.99 Å². The summed E-state index contributed by atoms with van der Waals surface area (Å²) in [5, 5.41) is 5.63. The normalized spacial score (nSPS) is 14.9. The Morgan fingerprint density at radius 1 is 0.974 bits per heavy atom. The van der Waals surface area contributed by atoms with Crippen molar-refractivity contribution in [3.8, 4) is 0 Å². The molecule has 3 aromatic rings. The van der Waals surface area contributed by atoms with Crippen molar-refractivity contribution >= 4 is 35.1 Å². The number of aliphatic imine (C=N–C) groups is 1. The summed E-state index contributed by atoms with van der Waals surface area (Å²) in [6.07, 6.45) is -0.483. The molecule has 1 atom stereocenters. The van der Waals surface area contributed by atoms with Gasteiger partial charge in [0.25, 0.3) is 0 Å². The summed E-state index contributed by atoms with van der Waals surface area (Å²) < 4.78 is 10.4. The lowest BCUT2D eigenvalue weighted by Gasteiger charge is -2.19. The van der Waals surface area contributed by atoms with Gasteiger partial charge in [-0.25, -0.2) is 9.59 Å². The van der Waals surface area contributed by atoms with Gasteiger partial charge in [-0.2, -0.15) is 0 Å². The molecule has 4 rings (SSSR count). The first kappa shape index (κ1) is 26.6. The van der Waals surface area contributed by atoms with Crippen LogP contribution >= 0.6 is 0 Å². The number of nitrogens with one attached hydrogen (secondary N) is 2. The second kappa shape index (κ2) is 11.3. The Morgan fingerprint density at radius 3 is 2.34 bits per heavy atom. The average Bonchev–Trinajstić information content (AvgIpc) is 3.21. The van der Waals surface area contributed by atoms with E-state index in [1.165, 1.54) is 0 Å². The second-order valence-electron chi connectivity index (χ2n) is 9.83. The van der Waals surface area contributed by atoms with Crippen LogP contribution in [0.3, 0.4) is 0 Å². The monoisotopic (exact) mass is 513 g/mol. The Hall–Kier alpha value is -4.46. The van der Waals surface area contributed by atoms with Crippen LogP contribution in [0.1, 0.15) is 60.7 Å². The fraction of sp³-hybridized carbons (Fsp3) is 0.267. The second-order valence-corrected chi connectivity index (χ2v) is 9.83. The molecular formula is C30H31N3O5. The minimum Gasteiger partial charge on any atom is -0.462 e. The van der Waals surface area contributed by atoms with E-state index < -0.39 is 23.6 Å². The van der Waals surface area contributed by atoms with Crippen molar-refractivity contribution in [1.82, 2.24) is 5.32 Å². The Balaban J connectivity index is 1.61. The summed E-state index contributed by atoms with van der Waals surface area (Å²) in [5.41, 5.74) is 4.06. The molecule has 0 radical (unpaired) electrons. The number of fused-ring (bicyclic) bond motifs is 1. The van der Waals surface area contributed by atoms with Crippen molar-refractivity contribution in [2.75, 3.05) is 11.9 Å². The quantitative estimate of drug-likeness (QED) is 0.309. The van der Waals surface area contributed by atoms with Gasteiger partial charge in [0.1, 0.15) is 11.5 Å². The zero-order chi connectivity index (χ0) is 27.3. The number of esters is 1. The van der Waals surface area contributed by atoms with Gasteiger partial charge in [0, 0.05) is 12.2 Å². The van der Waals surface area contributed by atoms with Crippen LogP contribution in [0.15, 0.2) is 77.8 Å². The van der Waals surface area contributed by atoms with E-state index in [1.807, 2.05) is 75.4 Å². The van der Waals surface area contributed by atoms with E-state index in [0.717, 1.165) is 16.7 Å². The van der Waals surface area contributed by atoms with Gasteiger partial charge in [0.15, 0.2) is 0 Å². The molecule has 1 aliphatic rings. The molecule has 2 amide bonds. The molecule has 196 valence electrons. The number of rotatable bonds is 7. The highest BCUT2D eigenvalue weighted by Crippen LogP contribution is 2.37. The van der Waals surface area contributed by atoms with Crippen LogP contribution < -0.4 is 10.6 Å². The first-order valence-electron chi connectivity index (χ1n) is 12.5. The molecule has 1 unspecified atom stereocenters. The minimum atomic E-state index is -0.655. The van der Waals surface area contributed by atoms with Crippen LogP contribution in [0.4, 0.5) is 16.2 Å². The van der Waals surface area contributed by atoms with Crippen LogP contribution in [0, 0.1) is 0 Å². The summed E-state index contributed by atoms with van der Waals surface area (Å²) in [6.45, 7) is 7.76. The predicted octanol–water partition coefficient (Wildman–Crippen LogP) is 5.74. The molecule has 1 heterocycles. The highest BCUT2D eigenvalue weighted by molar-refractivity contribution is 6.24. The number of ether oxygens (including phenoxy) is 2. The number of hydrogen-bond donors (Lipinski definition) is 2. The third kappa shape index (κ3) is 6.45. The number of anilines is 1. The van der Waals surface area contributed by atoms with Gasteiger partial charge >= 0.3 is 12.1 Å². The van der Waals surface area contributed by atoms with Gasteiger partial charge in [-0.1, -0.05) is 48.5 Å². The van der Waals surface area contributed by atoms with Crippen molar-refractivity contribution in [1.29, 1.82) is 0 Å². The summed E-state index contributed by atoms with van der Waals surface area (Å²) in [5.74, 6) is -1.31. The maximum atomic E-state index is 13.2. The topological polar surface area (TPSA) is 106 Å². The van der Waals surface area contributed by atoms with Crippen molar-refractivity contribution in [3.05, 3.63) is 95.1 Å². The summed E-state index contributed by atoms with van der Waals surface area (Å²) >= 11 is 0. The molecular weight excluding hydrogens is 482 g/mol. The van der Waals surface area contributed by atoms with Gasteiger partial charge in [0.2, 0.25) is 5.91 Å². The van der Waals surface area contributed by atoms with Crippen LogP contribution in [-0.4, -0.2) is 35.9 Å². The Bertz CT molecular complexity index is 1360. The lowest BCUT2D eigenvalue weighted by Crippen LogP contribution is -2.32. The van der Waals surface area contributed by atoms with E-state index >= 15 is 0 Å². The van der Waals surface area contributed by atoms with Crippen molar-refractivity contribution < 1.29 is 23.9 Å². The molecule has 1 aliphatic heterocycles. The number of amides is 2. The van der Waals surface area contributed by atoms with Crippen molar-refractivity contribution in [3.63, 3.8) is 0 Å². The van der Waals surface area contributed by atoms with Gasteiger partial charge in [-0.15, -0.1) is 0 Å². The number of benzene rings is 3. The number of hydrogen-bond acceptors (Lipinski definition) is 6. The maximum absolute atomic E-state index is 13.2. The number of alkyl carbamates (subject to hydrolysis) is 1. The lowest BCUT2D eigenvalue weighted by atomic mass is 9.90. The van der Waals surface area contributed by atoms with E-state index in [-0.39, 0.29) is 12.5 Å². The largest absolute Gasteiger partial charge is 0.462 e. The van der Waals surface area contributed by atoms with Crippen LogP contribution in [0.5, 0.6) is 0 Å². The summed E-state index contributed by atoms with van der Waals surface area (Å²) in [4.78, 5) is 42.2. The average molecular weight is 514 g/mol. The molecule has 38 heavy (non-hydrogen) atoms. The highest BCUT2D eigenvalue weighted by Gasteiger charge is 2.36. The molecule has 8 heteroatoms. The SMILES string of the molecule is CCOC(=O)c1ccc2c(c1)NC(=O)C2C(=Nc1ccc(CNC(=O)OC(C)(C)C)cc1)c1ccccc1. The summed E-state index contributed by atoms with van der Waals surface area (Å²) in [7, 11) is 0. The van der Waals surface area contributed by atoms with E-state index in [0.29, 0.717) is 29.2 Å². The first-order valence-corrected chi connectivity index (χ1v) is 12.5. The molecule has 0 aliphatic carbocycles. The fourth-order valence-electron chi connectivity index (χ4n) is 4.10. The smallest absolute Gasteiger partial charge is 0.407 e. The molecule has 0 saturated carbocycles. The van der Waals surface area contributed by atoms with E-state index in [9.17, 15) is 14.4 Å². The number of carbonyl (C=O) groups is 3. The first-order chi connectivity index (χ1) is 18.1. The minimum absolute atomic E-state index is 0.221. The standard InChI is InChI=1S/C30H31N3O5/c1-5-37-28(35)21-13-16-23-24(17-21)33-27(34)25(23)26(20-9-7-6-8-10-20)32-22-14-11-19(12-15-22)18-31-29(36)38-30(2,3)4/h6-17,25H,5,18H2,1-4H3,(H,31,36)(H,33,34). The maximum Gasteiger partial charge on any atom is 0.407 e. The molecule has 2 N–H and O–H groups in total. The molecule has 3 aromatic carbocycles. The molecule has 0 spiro atoms. The van der Waals surface area contributed by atoms with Gasteiger partial charge in [-0.3, -0.25) is 9.79 Å². The zero-order valence-corrected chi connectivity index (χ0v) is 21.9. The van der Waals surface area contributed by atoms with E-state index in [2.05, 4.69) is 10.6 Å². The Morgan fingerprint density at radius 2 is 1.68 bits per heavy atom.